The second kappa shape index (κ2) is 6.27. The fraction of sp³-hybridized carbons (Fsp3) is 0.438. The van der Waals surface area contributed by atoms with Gasteiger partial charge in [-0.1, -0.05) is 36.4 Å². The van der Waals surface area contributed by atoms with E-state index in [1.54, 1.807) is 17.5 Å². The summed E-state index contributed by atoms with van der Waals surface area (Å²) in [6, 6.07) is 5.89. The average Bonchev–Trinajstić information content (AvgIpc) is 3.33. The number of nitrogens with zero attached hydrogens (tertiary/aromatic N) is 6. The van der Waals surface area contributed by atoms with Crippen LogP contribution in [0.5, 0.6) is 0 Å². The summed E-state index contributed by atoms with van der Waals surface area (Å²) in [5, 5.41) is 14.5. The van der Waals surface area contributed by atoms with Gasteiger partial charge in [0.1, 0.15) is 5.69 Å². The van der Waals surface area contributed by atoms with E-state index in [2.05, 4.69) is 30.2 Å². The summed E-state index contributed by atoms with van der Waals surface area (Å²) in [4.78, 5) is 11.1. The van der Waals surface area contributed by atoms with Crippen LogP contribution in [0, 0.1) is 0 Å². The summed E-state index contributed by atoms with van der Waals surface area (Å²) in [7, 11) is 0. The molecule has 0 aromatic carbocycles. The minimum Gasteiger partial charge on any atom is -0.339 e. The lowest BCUT2D eigenvalue weighted by atomic mass is 10.2. The van der Waals surface area contributed by atoms with Gasteiger partial charge in [0, 0.05) is 18.7 Å². The molecule has 24 heavy (non-hydrogen) atoms. The van der Waals surface area contributed by atoms with Gasteiger partial charge in [0.05, 0.1) is 6.04 Å². The first-order chi connectivity index (χ1) is 11.7. The first kappa shape index (κ1) is 15.2. The Labute approximate surface area is 143 Å². The molecule has 1 aliphatic heterocycles. The highest BCUT2D eigenvalue weighted by Crippen LogP contribution is 2.38. The Bertz CT molecular complexity index is 815. The van der Waals surface area contributed by atoms with Crippen LogP contribution in [0.25, 0.3) is 10.7 Å². The first-order valence-electron chi connectivity index (χ1n) is 8.07. The van der Waals surface area contributed by atoms with Crippen molar-refractivity contribution in [2.45, 2.75) is 38.6 Å². The van der Waals surface area contributed by atoms with Gasteiger partial charge >= 0.3 is 0 Å². The summed E-state index contributed by atoms with van der Waals surface area (Å²) in [6.45, 7) is 5.02. The molecule has 0 N–H and O–H groups in total. The smallest absolute Gasteiger partial charge is 0.229 e. The quantitative estimate of drug-likeness (QED) is 0.718. The van der Waals surface area contributed by atoms with Gasteiger partial charge in [-0.15, -0.1) is 10.2 Å². The van der Waals surface area contributed by atoms with Crippen molar-refractivity contribution in [2.75, 3.05) is 11.4 Å². The molecule has 7 nitrogen and oxygen atoms in total. The van der Waals surface area contributed by atoms with Crippen molar-refractivity contribution in [3.8, 4) is 10.7 Å². The number of hydrogen-bond donors (Lipinski definition) is 0. The Morgan fingerprint density at radius 2 is 2.21 bits per heavy atom. The van der Waals surface area contributed by atoms with E-state index in [0.717, 1.165) is 41.0 Å². The van der Waals surface area contributed by atoms with Crippen LogP contribution in [-0.2, 0) is 0 Å². The van der Waals surface area contributed by atoms with Crippen LogP contribution in [0.1, 0.15) is 50.4 Å². The highest BCUT2D eigenvalue weighted by atomic mass is 32.1. The highest BCUT2D eigenvalue weighted by Gasteiger charge is 2.32. The zero-order chi connectivity index (χ0) is 16.5. The summed E-state index contributed by atoms with van der Waals surface area (Å²) in [5.74, 6) is 1.66. The van der Waals surface area contributed by atoms with Crippen LogP contribution >= 0.6 is 11.3 Å². The summed E-state index contributed by atoms with van der Waals surface area (Å²) < 4.78 is 5.37. The third-order valence-electron chi connectivity index (χ3n) is 4.05. The van der Waals surface area contributed by atoms with Gasteiger partial charge in [0.15, 0.2) is 10.8 Å². The molecule has 0 saturated carbocycles. The molecule has 1 unspecified atom stereocenters. The molecule has 1 aliphatic rings. The van der Waals surface area contributed by atoms with Crippen molar-refractivity contribution < 1.29 is 4.52 Å². The van der Waals surface area contributed by atoms with E-state index in [1.165, 1.54) is 0 Å². The molecule has 0 radical (unpaired) electrons. The normalized spacial score (nSPS) is 17.8. The number of hydrogen-bond acceptors (Lipinski definition) is 8. The predicted octanol–water partition coefficient (Wildman–Crippen LogP) is 3.45. The zero-order valence-corrected chi connectivity index (χ0v) is 14.4. The Morgan fingerprint density at radius 1 is 1.29 bits per heavy atom. The van der Waals surface area contributed by atoms with Crippen molar-refractivity contribution in [1.82, 2.24) is 25.3 Å². The molecule has 4 rings (SSSR count). The molecule has 0 bridgehead atoms. The van der Waals surface area contributed by atoms with E-state index < -0.39 is 0 Å². The van der Waals surface area contributed by atoms with Crippen LogP contribution in [-0.4, -0.2) is 31.9 Å². The minimum absolute atomic E-state index is 0.103. The van der Waals surface area contributed by atoms with Crippen molar-refractivity contribution in [2.24, 2.45) is 0 Å². The van der Waals surface area contributed by atoms with Gasteiger partial charge in [-0.3, -0.25) is 4.98 Å². The van der Waals surface area contributed by atoms with E-state index in [1.807, 2.05) is 32.0 Å². The lowest BCUT2D eigenvalue weighted by molar-refractivity contribution is 0.358. The van der Waals surface area contributed by atoms with Gasteiger partial charge in [-0.25, -0.2) is 0 Å². The van der Waals surface area contributed by atoms with Crippen LogP contribution in [0.15, 0.2) is 28.9 Å². The molecule has 0 spiro atoms. The fourth-order valence-corrected chi connectivity index (χ4v) is 3.70. The number of pyridine rings is 1. The molecule has 8 heteroatoms. The van der Waals surface area contributed by atoms with Crippen LogP contribution in [0.4, 0.5) is 5.13 Å². The first-order valence-corrected chi connectivity index (χ1v) is 8.89. The minimum atomic E-state index is 0.103. The second-order valence-corrected chi connectivity index (χ2v) is 7.06. The molecule has 1 saturated heterocycles. The molecule has 0 amide bonds. The molecule has 1 atom stereocenters. The van der Waals surface area contributed by atoms with E-state index in [9.17, 15) is 0 Å². The van der Waals surface area contributed by atoms with E-state index in [4.69, 9.17) is 4.52 Å². The van der Waals surface area contributed by atoms with Crippen LogP contribution < -0.4 is 4.90 Å². The Morgan fingerprint density at radius 3 is 2.96 bits per heavy atom. The van der Waals surface area contributed by atoms with Gasteiger partial charge in [-0.2, -0.15) is 4.98 Å². The maximum Gasteiger partial charge on any atom is 0.229 e. The average molecular weight is 342 g/mol. The van der Waals surface area contributed by atoms with Gasteiger partial charge in [-0.05, 0) is 25.0 Å². The molecule has 0 aliphatic carbocycles. The summed E-state index contributed by atoms with van der Waals surface area (Å²) >= 11 is 1.55. The molecule has 1 fully saturated rings. The molecule has 3 aromatic rings. The lowest BCUT2D eigenvalue weighted by Crippen LogP contribution is -2.23. The summed E-state index contributed by atoms with van der Waals surface area (Å²) in [6.07, 6.45) is 3.84. The molecule has 124 valence electrons. The Kier molecular flexibility index (Phi) is 3.97. The van der Waals surface area contributed by atoms with Crippen LogP contribution in [0.3, 0.4) is 0 Å². The molecule has 4 heterocycles. The lowest BCUT2D eigenvalue weighted by Gasteiger charge is -2.20. The van der Waals surface area contributed by atoms with E-state index in [0.29, 0.717) is 5.89 Å². The van der Waals surface area contributed by atoms with Gasteiger partial charge < -0.3 is 9.42 Å². The predicted molar refractivity (Wildman–Crippen MR) is 90.8 cm³/mol. The second-order valence-electron chi connectivity index (χ2n) is 6.10. The van der Waals surface area contributed by atoms with E-state index >= 15 is 0 Å². The standard InChI is InChI=1S/C16H18N6OS/c1-10(2)14-18-13(21-23-14)12-7-5-9-22(12)16-20-19-15(24-16)11-6-3-4-8-17-11/h3-4,6,8,10,12H,5,7,9H2,1-2H3. The number of rotatable bonds is 4. The largest absolute Gasteiger partial charge is 0.339 e. The number of anilines is 1. The van der Waals surface area contributed by atoms with Crippen molar-refractivity contribution >= 4 is 16.5 Å². The van der Waals surface area contributed by atoms with Crippen LogP contribution in [0.2, 0.25) is 0 Å². The molecular weight excluding hydrogens is 324 g/mol. The van der Waals surface area contributed by atoms with Crippen molar-refractivity contribution in [3.63, 3.8) is 0 Å². The Hall–Kier alpha value is -2.35. The van der Waals surface area contributed by atoms with Crippen molar-refractivity contribution in [3.05, 3.63) is 36.1 Å². The maximum atomic E-state index is 5.37. The summed E-state index contributed by atoms with van der Waals surface area (Å²) in [5.41, 5.74) is 0.846. The topological polar surface area (TPSA) is 80.8 Å². The SMILES string of the molecule is CC(C)c1nc(C2CCCN2c2nnc(-c3ccccn3)s2)no1. The van der Waals surface area contributed by atoms with Gasteiger partial charge in [0.2, 0.25) is 11.0 Å². The maximum absolute atomic E-state index is 5.37. The monoisotopic (exact) mass is 342 g/mol. The Balaban J connectivity index is 1.60. The van der Waals surface area contributed by atoms with E-state index in [-0.39, 0.29) is 12.0 Å². The number of aromatic nitrogens is 5. The zero-order valence-electron chi connectivity index (χ0n) is 13.6. The van der Waals surface area contributed by atoms with Crippen molar-refractivity contribution in [1.29, 1.82) is 0 Å². The van der Waals surface area contributed by atoms with Gasteiger partial charge in [0.25, 0.3) is 0 Å². The molecule has 3 aromatic heterocycles. The highest BCUT2D eigenvalue weighted by molar-refractivity contribution is 7.18. The molecular formula is C16H18N6OS. The fourth-order valence-electron chi connectivity index (χ4n) is 2.81. The third kappa shape index (κ3) is 2.77. The third-order valence-corrected chi connectivity index (χ3v) is 5.03.